The molecule has 1 saturated heterocycles. The molecule has 0 N–H and O–H groups in total. The molecule has 1 atom stereocenters. The van der Waals surface area contributed by atoms with Crippen LogP contribution < -0.4 is 0 Å². The second-order valence-corrected chi connectivity index (χ2v) is 6.49. The highest BCUT2D eigenvalue weighted by molar-refractivity contribution is 5.92. The summed E-state index contributed by atoms with van der Waals surface area (Å²) in [5.74, 6) is -0.0800. The summed E-state index contributed by atoms with van der Waals surface area (Å²) in [6.45, 7) is 4.52. The number of fused-ring (bicyclic) bond motifs is 1. The van der Waals surface area contributed by atoms with Gasteiger partial charge in [-0.15, -0.1) is 0 Å². The molecule has 1 fully saturated rings. The van der Waals surface area contributed by atoms with Crippen LogP contribution in [0.3, 0.4) is 0 Å². The van der Waals surface area contributed by atoms with Crippen molar-refractivity contribution in [1.82, 2.24) is 29.5 Å². The standard InChI is InChI=1S/C18H20N6O/c1-12-9-17-21-14(6-8-24(17)22-12)16-5-3-4-7-23(16)18(25)15-11-19-13(2)10-20-15/h6,8-11,16H,3-5,7H2,1-2H3/t16-/m0/s1. The Kier molecular flexibility index (Phi) is 3.91. The van der Waals surface area contributed by atoms with Crippen LogP contribution in [0.5, 0.6) is 0 Å². The van der Waals surface area contributed by atoms with E-state index < -0.39 is 0 Å². The molecule has 0 spiro atoms. The molecule has 0 aliphatic carbocycles. The van der Waals surface area contributed by atoms with Crippen LogP contribution in [0.1, 0.15) is 52.9 Å². The lowest BCUT2D eigenvalue weighted by Crippen LogP contribution is -2.39. The normalized spacial score (nSPS) is 17.8. The molecule has 1 amide bonds. The summed E-state index contributed by atoms with van der Waals surface area (Å²) in [6.07, 6.45) is 8.08. The van der Waals surface area contributed by atoms with E-state index in [1.54, 1.807) is 16.9 Å². The van der Waals surface area contributed by atoms with Crippen molar-refractivity contribution in [2.24, 2.45) is 0 Å². The van der Waals surface area contributed by atoms with Crippen LogP contribution in [-0.4, -0.2) is 41.9 Å². The van der Waals surface area contributed by atoms with E-state index in [1.165, 1.54) is 0 Å². The maximum Gasteiger partial charge on any atom is 0.274 e. The lowest BCUT2D eigenvalue weighted by Gasteiger charge is -2.35. The van der Waals surface area contributed by atoms with E-state index in [9.17, 15) is 4.79 Å². The zero-order chi connectivity index (χ0) is 17.4. The van der Waals surface area contributed by atoms with E-state index >= 15 is 0 Å². The molecule has 0 radical (unpaired) electrons. The quantitative estimate of drug-likeness (QED) is 0.719. The first-order valence-corrected chi connectivity index (χ1v) is 8.54. The molecule has 0 bridgehead atoms. The van der Waals surface area contributed by atoms with Gasteiger partial charge >= 0.3 is 0 Å². The van der Waals surface area contributed by atoms with Gasteiger partial charge in [-0.2, -0.15) is 5.10 Å². The second-order valence-electron chi connectivity index (χ2n) is 6.49. The van der Waals surface area contributed by atoms with Crippen LogP contribution in [0, 0.1) is 13.8 Å². The maximum absolute atomic E-state index is 12.9. The minimum atomic E-state index is -0.0800. The monoisotopic (exact) mass is 336 g/mol. The molecule has 1 aliphatic rings. The van der Waals surface area contributed by atoms with Crippen molar-refractivity contribution in [3.05, 3.63) is 53.5 Å². The van der Waals surface area contributed by atoms with E-state index in [4.69, 9.17) is 4.98 Å². The fraction of sp³-hybridized carbons (Fsp3) is 0.389. The van der Waals surface area contributed by atoms with Crippen LogP contribution >= 0.6 is 0 Å². The largest absolute Gasteiger partial charge is 0.329 e. The molecule has 4 rings (SSSR count). The van der Waals surface area contributed by atoms with Gasteiger partial charge < -0.3 is 4.90 Å². The van der Waals surface area contributed by atoms with E-state index in [2.05, 4.69) is 15.1 Å². The fourth-order valence-electron chi connectivity index (χ4n) is 3.33. The second kappa shape index (κ2) is 6.23. The van der Waals surface area contributed by atoms with Crippen molar-refractivity contribution < 1.29 is 4.79 Å². The predicted molar refractivity (Wildman–Crippen MR) is 92.1 cm³/mol. The molecule has 3 aromatic heterocycles. The van der Waals surface area contributed by atoms with Crippen LogP contribution in [-0.2, 0) is 0 Å². The Labute approximate surface area is 145 Å². The minimum Gasteiger partial charge on any atom is -0.329 e. The van der Waals surface area contributed by atoms with Gasteiger partial charge in [-0.05, 0) is 39.2 Å². The van der Waals surface area contributed by atoms with Crippen molar-refractivity contribution >= 4 is 11.6 Å². The Morgan fingerprint density at radius 1 is 1.16 bits per heavy atom. The number of hydrogen-bond donors (Lipinski definition) is 0. The molecule has 128 valence electrons. The van der Waals surface area contributed by atoms with Crippen LogP contribution in [0.2, 0.25) is 0 Å². The summed E-state index contributed by atoms with van der Waals surface area (Å²) >= 11 is 0. The van der Waals surface area contributed by atoms with Crippen molar-refractivity contribution in [3.63, 3.8) is 0 Å². The molecule has 0 unspecified atom stereocenters. The Morgan fingerprint density at radius 3 is 2.84 bits per heavy atom. The van der Waals surface area contributed by atoms with Crippen molar-refractivity contribution in [2.45, 2.75) is 39.2 Å². The third-order valence-corrected chi connectivity index (χ3v) is 4.57. The highest BCUT2D eigenvalue weighted by atomic mass is 16.2. The number of hydrogen-bond acceptors (Lipinski definition) is 5. The fourth-order valence-corrected chi connectivity index (χ4v) is 3.33. The summed E-state index contributed by atoms with van der Waals surface area (Å²) in [5.41, 5.74) is 3.83. The van der Waals surface area contributed by atoms with Gasteiger partial charge in [0, 0.05) is 25.0 Å². The summed E-state index contributed by atoms with van der Waals surface area (Å²) in [5, 5.41) is 4.36. The average Bonchev–Trinajstić information content (AvgIpc) is 3.01. The topological polar surface area (TPSA) is 76.3 Å². The molecule has 7 heteroatoms. The Morgan fingerprint density at radius 2 is 2.04 bits per heavy atom. The number of aromatic nitrogens is 5. The molecular weight excluding hydrogens is 316 g/mol. The zero-order valence-electron chi connectivity index (χ0n) is 14.4. The van der Waals surface area contributed by atoms with Gasteiger partial charge in [0.05, 0.1) is 29.3 Å². The van der Waals surface area contributed by atoms with Gasteiger partial charge in [-0.3, -0.25) is 9.78 Å². The predicted octanol–water partition coefficient (Wildman–Crippen LogP) is 2.50. The van der Waals surface area contributed by atoms with Gasteiger partial charge in [-0.25, -0.2) is 14.5 Å². The molecule has 0 saturated carbocycles. The van der Waals surface area contributed by atoms with Crippen LogP contribution in [0.15, 0.2) is 30.7 Å². The molecule has 25 heavy (non-hydrogen) atoms. The summed E-state index contributed by atoms with van der Waals surface area (Å²) in [4.78, 5) is 28.0. The summed E-state index contributed by atoms with van der Waals surface area (Å²) in [7, 11) is 0. The molecule has 3 aromatic rings. The first-order chi connectivity index (χ1) is 12.1. The SMILES string of the molecule is Cc1cnc(C(=O)N2CCCC[C@H]2c2ccn3nc(C)cc3n2)cn1. The van der Waals surface area contributed by atoms with Crippen LogP contribution in [0.25, 0.3) is 5.65 Å². The number of rotatable bonds is 2. The molecular formula is C18H20N6O. The van der Waals surface area contributed by atoms with Crippen molar-refractivity contribution in [3.8, 4) is 0 Å². The van der Waals surface area contributed by atoms with Gasteiger partial charge in [0.2, 0.25) is 0 Å². The first kappa shape index (κ1) is 15.7. The number of nitrogens with zero attached hydrogens (tertiary/aromatic N) is 6. The Bertz CT molecular complexity index is 917. The van der Waals surface area contributed by atoms with E-state index in [-0.39, 0.29) is 11.9 Å². The van der Waals surface area contributed by atoms with Crippen molar-refractivity contribution in [2.75, 3.05) is 6.54 Å². The first-order valence-electron chi connectivity index (χ1n) is 8.54. The maximum atomic E-state index is 12.9. The van der Waals surface area contributed by atoms with Gasteiger partial charge in [0.25, 0.3) is 5.91 Å². The highest BCUT2D eigenvalue weighted by Gasteiger charge is 2.30. The number of amides is 1. The number of carbonyl (C=O) groups excluding carboxylic acids is 1. The third-order valence-electron chi connectivity index (χ3n) is 4.57. The minimum absolute atomic E-state index is 0.0374. The summed E-state index contributed by atoms with van der Waals surface area (Å²) < 4.78 is 1.76. The lowest BCUT2D eigenvalue weighted by atomic mass is 9.98. The number of likely N-dealkylation sites (tertiary alicyclic amines) is 1. The smallest absolute Gasteiger partial charge is 0.274 e. The number of piperidine rings is 1. The Balaban J connectivity index is 1.67. The van der Waals surface area contributed by atoms with Gasteiger partial charge in [0.15, 0.2) is 5.65 Å². The van der Waals surface area contributed by atoms with Gasteiger partial charge in [0.1, 0.15) is 5.69 Å². The van der Waals surface area contributed by atoms with Crippen LogP contribution in [0.4, 0.5) is 0 Å². The molecule has 4 heterocycles. The third kappa shape index (κ3) is 2.97. The highest BCUT2D eigenvalue weighted by Crippen LogP contribution is 2.31. The number of carbonyl (C=O) groups is 1. The van der Waals surface area contributed by atoms with E-state index in [0.717, 1.165) is 42.0 Å². The average molecular weight is 336 g/mol. The summed E-state index contributed by atoms with van der Waals surface area (Å²) in [6, 6.07) is 3.87. The van der Waals surface area contributed by atoms with Crippen molar-refractivity contribution in [1.29, 1.82) is 0 Å². The van der Waals surface area contributed by atoms with E-state index in [0.29, 0.717) is 12.2 Å². The lowest BCUT2D eigenvalue weighted by molar-refractivity contribution is 0.0599. The van der Waals surface area contributed by atoms with E-state index in [1.807, 2.05) is 37.1 Å². The molecule has 7 nitrogen and oxygen atoms in total. The zero-order valence-corrected chi connectivity index (χ0v) is 14.4. The van der Waals surface area contributed by atoms with Gasteiger partial charge in [-0.1, -0.05) is 0 Å². The molecule has 1 aliphatic heterocycles. The number of aryl methyl sites for hydroxylation is 2. The molecule has 0 aromatic carbocycles. The Hall–Kier alpha value is -2.83.